The van der Waals surface area contributed by atoms with Crippen LogP contribution in [0.4, 0.5) is 0 Å². The summed E-state index contributed by atoms with van der Waals surface area (Å²) in [6.07, 6.45) is -0.719. The van der Waals surface area contributed by atoms with Gasteiger partial charge in [0.25, 0.3) is 0 Å². The Hall–Kier alpha value is -3.96. The van der Waals surface area contributed by atoms with Crippen molar-refractivity contribution in [3.8, 4) is 0 Å². The summed E-state index contributed by atoms with van der Waals surface area (Å²) in [4.78, 5) is 59.4. The van der Waals surface area contributed by atoms with Crippen LogP contribution in [-0.2, 0) is 19.2 Å². The van der Waals surface area contributed by atoms with Gasteiger partial charge in [-0.05, 0) is 18.6 Å². The second kappa shape index (κ2) is 14.2. The molecule has 154 valence electrons. The summed E-state index contributed by atoms with van der Waals surface area (Å²) in [5.41, 5.74) is -0.380. The number of hydrogen-bond donors (Lipinski definition) is 6. The average molecular weight is 402 g/mol. The zero-order valence-corrected chi connectivity index (χ0v) is 14.3. The van der Waals surface area contributed by atoms with E-state index >= 15 is 0 Å². The number of rotatable bonds is 8. The number of carboxylic acid groups (broad SMARTS) is 6. The van der Waals surface area contributed by atoms with Crippen molar-refractivity contribution in [1.82, 2.24) is 0 Å². The van der Waals surface area contributed by atoms with Crippen LogP contribution in [0.2, 0.25) is 0 Å². The zero-order valence-electron chi connectivity index (χ0n) is 14.3. The van der Waals surface area contributed by atoms with Crippen molar-refractivity contribution in [2.24, 2.45) is 0 Å². The van der Waals surface area contributed by atoms with Crippen LogP contribution in [0.5, 0.6) is 0 Å². The Kier molecular flexibility index (Phi) is 13.4. The van der Waals surface area contributed by atoms with E-state index in [0.29, 0.717) is 0 Å². The van der Waals surface area contributed by atoms with Gasteiger partial charge in [0.2, 0.25) is 0 Å². The van der Waals surface area contributed by atoms with E-state index in [9.17, 15) is 28.8 Å². The lowest BCUT2D eigenvalue weighted by Crippen LogP contribution is -2.06. The molecule has 12 nitrogen and oxygen atoms in total. The third-order valence-electron chi connectivity index (χ3n) is 2.47. The molecule has 0 fully saturated rings. The number of aliphatic carboxylic acids is 4. The van der Waals surface area contributed by atoms with E-state index in [2.05, 4.69) is 0 Å². The number of benzene rings is 1. The van der Waals surface area contributed by atoms with Crippen molar-refractivity contribution in [3.63, 3.8) is 0 Å². The fourth-order valence-electron chi connectivity index (χ4n) is 1.38. The maximum absolute atomic E-state index is 10.5. The maximum Gasteiger partial charge on any atom is 0.336 e. The van der Waals surface area contributed by atoms with Gasteiger partial charge in [-0.15, -0.1) is 0 Å². The molecule has 6 N–H and O–H groups in total. The highest BCUT2D eigenvalue weighted by molar-refractivity contribution is 6.01. The molecule has 0 spiro atoms. The van der Waals surface area contributed by atoms with Gasteiger partial charge in [-0.3, -0.25) is 19.2 Å². The normalized spacial score (nSPS) is 8.86. The predicted molar refractivity (Wildman–Crippen MR) is 89.4 cm³/mol. The highest BCUT2D eigenvalue weighted by atomic mass is 16.4. The first-order valence-electron chi connectivity index (χ1n) is 7.31. The van der Waals surface area contributed by atoms with Gasteiger partial charge >= 0.3 is 35.8 Å². The van der Waals surface area contributed by atoms with Crippen LogP contribution in [0, 0.1) is 0 Å². The molecule has 0 radical (unpaired) electrons. The van der Waals surface area contributed by atoms with Crippen molar-refractivity contribution < 1.29 is 59.4 Å². The molecule has 12 heteroatoms. The van der Waals surface area contributed by atoms with E-state index in [1.165, 1.54) is 24.3 Å². The molecule has 1 rings (SSSR count). The molecule has 0 amide bonds. The van der Waals surface area contributed by atoms with E-state index in [1.54, 1.807) is 0 Å². The van der Waals surface area contributed by atoms with Gasteiger partial charge in [0, 0.05) is 12.8 Å². The molecule has 28 heavy (non-hydrogen) atoms. The smallest absolute Gasteiger partial charge is 0.336 e. The summed E-state index contributed by atoms with van der Waals surface area (Å²) in [5.74, 6) is -6.98. The first-order chi connectivity index (χ1) is 12.9. The van der Waals surface area contributed by atoms with Crippen LogP contribution in [0.25, 0.3) is 0 Å². The van der Waals surface area contributed by atoms with E-state index in [-0.39, 0.29) is 30.4 Å². The third-order valence-corrected chi connectivity index (χ3v) is 2.47. The van der Waals surface area contributed by atoms with Crippen molar-refractivity contribution in [1.29, 1.82) is 0 Å². The average Bonchev–Trinajstić information content (AvgIpc) is 2.53. The van der Waals surface area contributed by atoms with Gasteiger partial charge in [0.15, 0.2) is 0 Å². The first kappa shape index (κ1) is 26.3. The van der Waals surface area contributed by atoms with Gasteiger partial charge in [0.1, 0.15) is 6.42 Å². The van der Waals surface area contributed by atoms with Crippen LogP contribution in [-0.4, -0.2) is 66.5 Å². The molecule has 0 aromatic heterocycles. The quantitative estimate of drug-likeness (QED) is 0.334. The van der Waals surface area contributed by atoms with Gasteiger partial charge < -0.3 is 30.6 Å². The number of aromatic carboxylic acids is 2. The minimum absolute atomic E-state index is 0.0632. The molecule has 1 aromatic rings. The summed E-state index contributed by atoms with van der Waals surface area (Å²) >= 11 is 0. The van der Waals surface area contributed by atoms with Crippen LogP contribution < -0.4 is 0 Å². The predicted octanol–water partition coefficient (Wildman–Crippen LogP) is 0.955. The Morgan fingerprint density at radius 3 is 1.07 bits per heavy atom. The van der Waals surface area contributed by atoms with Crippen molar-refractivity contribution in [3.05, 3.63) is 35.4 Å². The largest absolute Gasteiger partial charge is 0.481 e. The molecule has 0 heterocycles. The summed E-state index contributed by atoms with van der Waals surface area (Å²) in [6.45, 7) is 0. The Morgan fingerprint density at radius 2 is 0.893 bits per heavy atom. The van der Waals surface area contributed by atoms with Gasteiger partial charge in [-0.25, -0.2) is 9.59 Å². The minimum Gasteiger partial charge on any atom is -0.481 e. The molecule has 0 aliphatic rings. The van der Waals surface area contributed by atoms with E-state index < -0.39 is 42.2 Å². The summed E-state index contributed by atoms with van der Waals surface area (Å²) in [7, 11) is 0. The van der Waals surface area contributed by atoms with Gasteiger partial charge in [0.05, 0.1) is 11.1 Å². The SMILES string of the molecule is O=C(O)CC(=O)O.O=C(O)CCCC(=O)O.O=C(O)c1ccccc1C(=O)O. The minimum atomic E-state index is -1.31. The van der Waals surface area contributed by atoms with E-state index in [1.807, 2.05) is 0 Å². The van der Waals surface area contributed by atoms with Crippen molar-refractivity contribution in [2.45, 2.75) is 25.7 Å². The van der Waals surface area contributed by atoms with Crippen molar-refractivity contribution >= 4 is 35.8 Å². The fourth-order valence-corrected chi connectivity index (χ4v) is 1.38. The van der Waals surface area contributed by atoms with Crippen molar-refractivity contribution in [2.75, 3.05) is 0 Å². The first-order valence-corrected chi connectivity index (χ1v) is 7.31. The summed E-state index contributed by atoms with van der Waals surface area (Å²) in [5, 5.41) is 48.6. The standard InChI is InChI=1S/C8H6O4.C5H8O4.C3H4O4/c9-7(10)5-3-1-2-4-6(5)8(11)12;6-4(7)2-1-3-5(8)9;4-2(5)1-3(6)7/h1-4H,(H,9,10)(H,11,12);1-3H2,(H,6,7)(H,8,9);1H2,(H,4,5)(H,6,7). The molecular formula is C16H18O12. The van der Waals surface area contributed by atoms with Crippen LogP contribution in [0.1, 0.15) is 46.4 Å². The molecule has 0 bridgehead atoms. The Morgan fingerprint density at radius 1 is 0.571 bits per heavy atom. The lowest BCUT2D eigenvalue weighted by atomic mass is 10.1. The zero-order chi connectivity index (χ0) is 22.3. The van der Waals surface area contributed by atoms with E-state index in [4.69, 9.17) is 30.6 Å². The fraction of sp³-hybridized carbons (Fsp3) is 0.250. The number of hydrogen-bond acceptors (Lipinski definition) is 6. The lowest BCUT2D eigenvalue weighted by Gasteiger charge is -1.98. The molecule has 0 saturated heterocycles. The molecule has 0 saturated carbocycles. The Balaban J connectivity index is 0. The number of carbonyl (C=O) groups is 6. The second-order valence-electron chi connectivity index (χ2n) is 4.76. The van der Waals surface area contributed by atoms with Crippen LogP contribution in [0.15, 0.2) is 24.3 Å². The monoisotopic (exact) mass is 402 g/mol. The molecule has 1 aromatic carbocycles. The Labute approximate surface area is 157 Å². The molecule has 0 aliphatic carbocycles. The topological polar surface area (TPSA) is 224 Å². The summed E-state index contributed by atoms with van der Waals surface area (Å²) in [6, 6.07) is 5.48. The Bertz CT molecular complexity index is 663. The molecule has 0 unspecified atom stereocenters. The molecule has 0 atom stereocenters. The van der Waals surface area contributed by atoms with Gasteiger partial charge in [-0.1, -0.05) is 12.1 Å². The maximum atomic E-state index is 10.5. The summed E-state index contributed by atoms with van der Waals surface area (Å²) < 4.78 is 0. The lowest BCUT2D eigenvalue weighted by molar-refractivity contribution is -0.147. The van der Waals surface area contributed by atoms with Crippen LogP contribution in [0.3, 0.4) is 0 Å². The number of carboxylic acids is 6. The van der Waals surface area contributed by atoms with Crippen LogP contribution >= 0.6 is 0 Å². The molecule has 0 aliphatic heterocycles. The highest BCUT2D eigenvalue weighted by Crippen LogP contribution is 2.07. The highest BCUT2D eigenvalue weighted by Gasteiger charge is 2.13. The third kappa shape index (κ3) is 15.6. The molecular weight excluding hydrogens is 384 g/mol. The van der Waals surface area contributed by atoms with E-state index in [0.717, 1.165) is 0 Å². The second-order valence-corrected chi connectivity index (χ2v) is 4.76. The van der Waals surface area contributed by atoms with Gasteiger partial charge in [-0.2, -0.15) is 0 Å².